The van der Waals surface area contributed by atoms with Crippen LogP contribution in [0.3, 0.4) is 0 Å². The number of halogens is 2. The molecule has 6 aromatic rings. The molecule has 0 spiro atoms. The summed E-state index contributed by atoms with van der Waals surface area (Å²) >= 11 is 12.7. The highest BCUT2D eigenvalue weighted by molar-refractivity contribution is 7.70. The lowest BCUT2D eigenvalue weighted by Crippen LogP contribution is -2.16. The number of para-hydroxylation sites is 2. The van der Waals surface area contributed by atoms with Crippen LogP contribution in [0.15, 0.2) is 97.3 Å². The van der Waals surface area contributed by atoms with Crippen LogP contribution in [0.4, 0.5) is 46.3 Å². The van der Waals surface area contributed by atoms with E-state index < -0.39 is 14.3 Å². The summed E-state index contributed by atoms with van der Waals surface area (Å²) in [5, 5.41) is 18.2. The van der Waals surface area contributed by atoms with Crippen LogP contribution in [-0.4, -0.2) is 86.9 Å². The Hall–Kier alpha value is -5.20. The monoisotopic (exact) mass is 932 g/mol. The van der Waals surface area contributed by atoms with Gasteiger partial charge in [-0.3, -0.25) is 0 Å². The number of methoxy groups -OCH3 is 2. The lowest BCUT2D eigenvalue weighted by molar-refractivity contribution is 0.320. The molecule has 6 rings (SSSR count). The molecule has 2 aromatic heterocycles. The Labute approximate surface area is 380 Å². The zero-order chi connectivity index (χ0) is 46.1. The maximum Gasteiger partial charge on any atom is 0.229 e. The third kappa shape index (κ3) is 12.9. The summed E-state index contributed by atoms with van der Waals surface area (Å²) in [6.45, 7) is 11.1. The standard InChI is InChI=1S/C23H29ClN5O2P.C22H27ClN5O2P/c1-15(29(2)3)16-11-12-18(20(13-16)31-4)27-23-25-14-17(24)22(28-23)26-19-9-7-8-10-21(19)32(5,6)30;1-14(24-2)15-10-11-17(19(12-15)30-3)27-22-25-13-16(23)21(28-22)26-18-8-6-7-9-20(18)31(4,5)29/h7-15H,1-6H3,(H2,25,26,27,28);6-14,24H,1-5H3,(H2,25,26,27,28). The molecule has 5 N–H and O–H groups in total. The number of hydrogen-bond acceptors (Lipinski definition) is 14. The summed E-state index contributed by atoms with van der Waals surface area (Å²) in [5.74, 6) is 2.91. The first kappa shape index (κ1) is 48.8. The lowest BCUT2D eigenvalue weighted by Gasteiger charge is -2.21. The van der Waals surface area contributed by atoms with Gasteiger partial charge in [0.15, 0.2) is 11.6 Å². The highest BCUT2D eigenvalue weighted by atomic mass is 35.5. The summed E-state index contributed by atoms with van der Waals surface area (Å²) in [6, 6.07) is 27.2. The molecule has 4 aromatic carbocycles. The fourth-order valence-electron chi connectivity index (χ4n) is 6.24. The molecule has 0 radical (unpaired) electrons. The normalized spacial score (nSPS) is 12.4. The molecule has 14 nitrogen and oxygen atoms in total. The zero-order valence-corrected chi connectivity index (χ0v) is 40.7. The maximum absolute atomic E-state index is 12.7. The second-order valence-corrected chi connectivity index (χ2v) is 22.8. The Morgan fingerprint density at radius 2 is 1.02 bits per heavy atom. The van der Waals surface area contributed by atoms with E-state index in [1.807, 2.05) is 106 Å². The summed E-state index contributed by atoms with van der Waals surface area (Å²) in [4.78, 5) is 19.7. The largest absolute Gasteiger partial charge is 0.495 e. The van der Waals surface area contributed by atoms with E-state index in [1.54, 1.807) is 40.9 Å². The molecule has 334 valence electrons. The van der Waals surface area contributed by atoms with Gasteiger partial charge in [-0.15, -0.1) is 0 Å². The first-order chi connectivity index (χ1) is 29.8. The van der Waals surface area contributed by atoms with Crippen molar-refractivity contribution >= 4 is 94.4 Å². The van der Waals surface area contributed by atoms with Gasteiger partial charge in [0.1, 0.15) is 35.8 Å². The average molecular weight is 934 g/mol. The third-order valence-electron chi connectivity index (χ3n) is 10.1. The van der Waals surface area contributed by atoms with Crippen molar-refractivity contribution in [3.63, 3.8) is 0 Å². The second-order valence-electron chi connectivity index (χ2n) is 15.6. The molecule has 2 atom stereocenters. The van der Waals surface area contributed by atoms with E-state index in [9.17, 15) is 9.13 Å². The van der Waals surface area contributed by atoms with E-state index in [2.05, 4.69) is 65.3 Å². The molecule has 0 aliphatic carbocycles. The molecule has 0 saturated carbocycles. The second kappa shape index (κ2) is 21.5. The van der Waals surface area contributed by atoms with Gasteiger partial charge < -0.3 is 50.1 Å². The number of benzene rings is 4. The molecular formula is C45H56Cl2N10O4P2. The van der Waals surface area contributed by atoms with Crippen molar-refractivity contribution in [2.75, 3.05) is 83.3 Å². The van der Waals surface area contributed by atoms with Gasteiger partial charge in [-0.05, 0) is 121 Å². The number of ether oxygens (including phenoxy) is 2. The van der Waals surface area contributed by atoms with Gasteiger partial charge in [-0.25, -0.2) is 9.97 Å². The van der Waals surface area contributed by atoms with Gasteiger partial charge in [-0.1, -0.05) is 59.6 Å². The van der Waals surface area contributed by atoms with E-state index in [-0.39, 0.29) is 12.1 Å². The Morgan fingerprint density at radius 1 is 0.603 bits per heavy atom. The minimum absolute atomic E-state index is 0.193. The smallest absolute Gasteiger partial charge is 0.229 e. The third-order valence-corrected chi connectivity index (χ3v) is 13.8. The molecule has 0 amide bonds. The van der Waals surface area contributed by atoms with Gasteiger partial charge in [-0.2, -0.15) is 9.97 Å². The van der Waals surface area contributed by atoms with E-state index in [0.717, 1.165) is 33.1 Å². The van der Waals surface area contributed by atoms with Crippen molar-refractivity contribution in [3.8, 4) is 11.5 Å². The molecule has 0 bridgehead atoms. The molecule has 18 heteroatoms. The van der Waals surface area contributed by atoms with Gasteiger partial charge in [0, 0.05) is 22.7 Å². The first-order valence-corrected chi connectivity index (χ1v) is 25.9. The first-order valence-electron chi connectivity index (χ1n) is 19.9. The van der Waals surface area contributed by atoms with Crippen LogP contribution in [0.5, 0.6) is 11.5 Å². The lowest BCUT2D eigenvalue weighted by atomic mass is 10.1. The Kier molecular flexibility index (Phi) is 16.6. The number of anilines is 8. The van der Waals surface area contributed by atoms with Crippen LogP contribution >= 0.6 is 37.5 Å². The molecule has 0 aliphatic heterocycles. The summed E-state index contributed by atoms with van der Waals surface area (Å²) in [6.07, 6.45) is 3.04. The highest BCUT2D eigenvalue weighted by Gasteiger charge is 2.20. The molecule has 2 heterocycles. The van der Waals surface area contributed by atoms with Crippen LogP contribution in [0.2, 0.25) is 10.0 Å². The Balaban J connectivity index is 0.000000238. The molecular weight excluding hydrogens is 877 g/mol. The van der Waals surface area contributed by atoms with Crippen molar-refractivity contribution in [2.24, 2.45) is 0 Å². The maximum atomic E-state index is 12.7. The number of nitrogens with zero attached hydrogens (tertiary/aromatic N) is 5. The van der Waals surface area contributed by atoms with Crippen molar-refractivity contribution in [1.29, 1.82) is 0 Å². The molecule has 0 aliphatic rings. The minimum Gasteiger partial charge on any atom is -0.495 e. The quantitative estimate of drug-likeness (QED) is 0.0582. The van der Waals surface area contributed by atoms with Crippen LogP contribution in [0.1, 0.15) is 37.1 Å². The predicted molar refractivity (Wildman–Crippen MR) is 264 cm³/mol. The van der Waals surface area contributed by atoms with E-state index in [1.165, 1.54) is 12.4 Å². The van der Waals surface area contributed by atoms with Crippen LogP contribution < -0.4 is 46.7 Å². The Morgan fingerprint density at radius 3 is 1.41 bits per heavy atom. The molecule has 0 fully saturated rings. The average Bonchev–Trinajstić information content (AvgIpc) is 3.25. The fraction of sp³-hybridized carbons (Fsp3) is 0.289. The number of hydrogen-bond donors (Lipinski definition) is 5. The van der Waals surface area contributed by atoms with Crippen molar-refractivity contribution < 1.29 is 18.6 Å². The van der Waals surface area contributed by atoms with Gasteiger partial charge in [0.05, 0.1) is 49.4 Å². The minimum atomic E-state index is -2.49. The zero-order valence-electron chi connectivity index (χ0n) is 37.4. The molecule has 0 saturated heterocycles. The highest BCUT2D eigenvalue weighted by Crippen LogP contribution is 2.40. The number of rotatable bonds is 16. The number of aromatic nitrogens is 4. The van der Waals surface area contributed by atoms with Crippen molar-refractivity contribution in [3.05, 3.63) is 118 Å². The summed E-state index contributed by atoms with van der Waals surface area (Å²) < 4.78 is 36.4. The number of nitrogens with one attached hydrogen (secondary N) is 5. The van der Waals surface area contributed by atoms with Gasteiger partial charge in [0.2, 0.25) is 11.9 Å². The topological polar surface area (TPSA) is 168 Å². The van der Waals surface area contributed by atoms with Crippen LogP contribution in [0, 0.1) is 0 Å². The van der Waals surface area contributed by atoms with Crippen molar-refractivity contribution in [2.45, 2.75) is 25.9 Å². The fourth-order valence-corrected chi connectivity index (χ4v) is 8.83. The van der Waals surface area contributed by atoms with Crippen molar-refractivity contribution in [1.82, 2.24) is 30.2 Å². The van der Waals surface area contributed by atoms with E-state index >= 15 is 0 Å². The molecule has 63 heavy (non-hydrogen) atoms. The van der Waals surface area contributed by atoms with E-state index in [0.29, 0.717) is 56.5 Å². The Bertz CT molecular complexity index is 2620. The SMILES string of the molecule is CNC(C)c1ccc(Nc2ncc(Cl)c(Nc3ccccc3P(C)(C)=O)n2)c(OC)c1.COc1cc(C(C)N(C)C)ccc1Nc1ncc(Cl)c(Nc2ccccc2P(C)(C)=O)n1. The summed E-state index contributed by atoms with van der Waals surface area (Å²) in [5.41, 5.74) is 5.11. The summed E-state index contributed by atoms with van der Waals surface area (Å²) in [7, 11) is 4.25. The van der Waals surface area contributed by atoms with Crippen LogP contribution in [0.25, 0.3) is 0 Å². The van der Waals surface area contributed by atoms with Crippen LogP contribution in [-0.2, 0) is 9.13 Å². The van der Waals surface area contributed by atoms with E-state index in [4.69, 9.17) is 32.7 Å². The van der Waals surface area contributed by atoms with Gasteiger partial charge in [0.25, 0.3) is 0 Å². The van der Waals surface area contributed by atoms with Gasteiger partial charge >= 0.3 is 0 Å². The molecule has 2 unspecified atom stereocenters. The predicted octanol–water partition coefficient (Wildman–Crippen LogP) is 10.7.